The van der Waals surface area contributed by atoms with E-state index in [4.69, 9.17) is 4.74 Å². The number of aliphatic hydroxyl groups excluding tert-OH is 1. The summed E-state index contributed by atoms with van der Waals surface area (Å²) in [6, 6.07) is 16.1. The Hall–Kier alpha value is -4.26. The number of aromatic nitrogens is 1. The average Bonchev–Trinajstić information content (AvgIpc) is 3.17. The SMILES string of the molecule is CCCOC(=O)c1ccc(N2C(=O)C(=O)/C(=C(/O)c3ccc(CC)cc3)C2c2cccnc2)cc1. The van der Waals surface area contributed by atoms with E-state index in [9.17, 15) is 19.5 Å². The minimum atomic E-state index is -0.882. The van der Waals surface area contributed by atoms with Crippen LogP contribution in [0.3, 0.4) is 0 Å². The number of aliphatic hydroxyl groups is 1. The maximum Gasteiger partial charge on any atom is 0.338 e. The van der Waals surface area contributed by atoms with E-state index < -0.39 is 23.7 Å². The number of ether oxygens (including phenoxy) is 1. The Bertz CT molecular complexity index is 1260. The molecule has 1 saturated heterocycles. The fourth-order valence-corrected chi connectivity index (χ4v) is 4.04. The fraction of sp³-hybridized carbons (Fsp3) is 0.214. The Morgan fingerprint density at radius 3 is 2.29 bits per heavy atom. The van der Waals surface area contributed by atoms with Gasteiger partial charge in [0.05, 0.1) is 23.8 Å². The van der Waals surface area contributed by atoms with Gasteiger partial charge in [-0.25, -0.2) is 4.79 Å². The molecule has 3 aromatic rings. The van der Waals surface area contributed by atoms with Gasteiger partial charge in [0, 0.05) is 23.6 Å². The monoisotopic (exact) mass is 470 g/mol. The molecule has 7 nitrogen and oxygen atoms in total. The number of hydrogen-bond donors (Lipinski definition) is 1. The number of rotatable bonds is 7. The van der Waals surface area contributed by atoms with Crippen molar-refractivity contribution in [1.29, 1.82) is 0 Å². The first-order valence-corrected chi connectivity index (χ1v) is 11.5. The third kappa shape index (κ3) is 4.71. The predicted molar refractivity (Wildman–Crippen MR) is 132 cm³/mol. The van der Waals surface area contributed by atoms with E-state index in [1.165, 1.54) is 4.90 Å². The maximum absolute atomic E-state index is 13.2. The molecule has 1 N–H and O–H groups in total. The summed E-state index contributed by atoms with van der Waals surface area (Å²) in [5, 5.41) is 11.2. The van der Waals surface area contributed by atoms with Crippen LogP contribution < -0.4 is 4.90 Å². The quantitative estimate of drug-likeness (QED) is 0.230. The molecule has 1 aromatic heterocycles. The van der Waals surface area contributed by atoms with Gasteiger partial charge in [-0.05, 0) is 54.3 Å². The summed E-state index contributed by atoms with van der Waals surface area (Å²) in [7, 11) is 0. The molecule has 0 bridgehead atoms. The van der Waals surface area contributed by atoms with Crippen LogP contribution in [0.15, 0.2) is 78.6 Å². The van der Waals surface area contributed by atoms with Gasteiger partial charge in [0.2, 0.25) is 0 Å². The molecule has 178 valence electrons. The minimum Gasteiger partial charge on any atom is -0.507 e. The predicted octanol–water partition coefficient (Wildman–Crippen LogP) is 4.84. The van der Waals surface area contributed by atoms with Crippen LogP contribution in [0.25, 0.3) is 5.76 Å². The second-order valence-electron chi connectivity index (χ2n) is 8.19. The number of ketones is 1. The summed E-state index contributed by atoms with van der Waals surface area (Å²) in [6.07, 6.45) is 4.70. The van der Waals surface area contributed by atoms with Crippen LogP contribution in [0, 0.1) is 0 Å². The number of carbonyl (C=O) groups is 3. The summed E-state index contributed by atoms with van der Waals surface area (Å²) in [4.78, 5) is 44.1. The van der Waals surface area contributed by atoms with E-state index >= 15 is 0 Å². The number of amides is 1. The second-order valence-corrected chi connectivity index (χ2v) is 8.19. The van der Waals surface area contributed by atoms with Crippen molar-refractivity contribution in [2.45, 2.75) is 32.7 Å². The fourth-order valence-electron chi connectivity index (χ4n) is 4.04. The van der Waals surface area contributed by atoms with Crippen molar-refractivity contribution < 1.29 is 24.2 Å². The Labute approximate surface area is 203 Å². The number of carbonyl (C=O) groups excluding carboxylic acids is 3. The molecule has 2 aromatic carbocycles. The molecule has 1 aliphatic heterocycles. The van der Waals surface area contributed by atoms with Gasteiger partial charge in [-0.2, -0.15) is 0 Å². The first kappa shape index (κ1) is 23.9. The number of aryl methyl sites for hydroxylation is 1. The molecule has 1 unspecified atom stereocenters. The number of esters is 1. The molecule has 4 rings (SSSR count). The van der Waals surface area contributed by atoms with Crippen molar-refractivity contribution in [2.24, 2.45) is 0 Å². The molecule has 1 amide bonds. The van der Waals surface area contributed by atoms with Gasteiger partial charge in [-0.1, -0.05) is 44.2 Å². The first-order valence-electron chi connectivity index (χ1n) is 11.5. The number of hydrogen-bond acceptors (Lipinski definition) is 6. The van der Waals surface area contributed by atoms with Gasteiger partial charge >= 0.3 is 5.97 Å². The zero-order valence-corrected chi connectivity index (χ0v) is 19.6. The summed E-state index contributed by atoms with van der Waals surface area (Å²) in [5.74, 6) is -2.27. The Kier molecular flexibility index (Phi) is 7.06. The highest BCUT2D eigenvalue weighted by Gasteiger charge is 2.47. The molecule has 0 aliphatic carbocycles. The lowest BCUT2D eigenvalue weighted by Gasteiger charge is -2.25. The highest BCUT2D eigenvalue weighted by molar-refractivity contribution is 6.51. The zero-order chi connectivity index (χ0) is 24.9. The topological polar surface area (TPSA) is 96.8 Å². The lowest BCUT2D eigenvalue weighted by molar-refractivity contribution is -0.132. The first-order chi connectivity index (χ1) is 17.0. The summed E-state index contributed by atoms with van der Waals surface area (Å²) < 4.78 is 5.16. The minimum absolute atomic E-state index is 0.0151. The molecular weight excluding hydrogens is 444 g/mol. The van der Waals surface area contributed by atoms with Crippen molar-refractivity contribution in [2.75, 3.05) is 11.5 Å². The molecule has 0 spiro atoms. The number of anilines is 1. The molecule has 2 heterocycles. The van der Waals surface area contributed by atoms with E-state index in [0.717, 1.165) is 12.0 Å². The standard InChI is InChI=1S/C28H26N2O5/c1-3-16-35-28(34)20-11-13-22(14-12-20)30-24(21-6-5-15-29-17-21)23(26(32)27(30)33)25(31)19-9-7-18(4-2)8-10-19/h5-15,17,24,31H,3-4,16H2,1-2H3/b25-23+. The summed E-state index contributed by atoms with van der Waals surface area (Å²) >= 11 is 0. The van der Waals surface area contributed by atoms with Gasteiger partial charge in [0.15, 0.2) is 0 Å². The smallest absolute Gasteiger partial charge is 0.338 e. The van der Waals surface area contributed by atoms with E-state index in [2.05, 4.69) is 4.98 Å². The van der Waals surface area contributed by atoms with E-state index in [1.54, 1.807) is 60.9 Å². The normalized spacial score (nSPS) is 17.0. The average molecular weight is 471 g/mol. The van der Waals surface area contributed by atoms with Crippen molar-refractivity contribution in [3.05, 3.63) is 101 Å². The molecule has 35 heavy (non-hydrogen) atoms. The number of benzene rings is 2. The zero-order valence-electron chi connectivity index (χ0n) is 19.6. The van der Waals surface area contributed by atoms with Crippen molar-refractivity contribution >= 4 is 29.1 Å². The molecule has 1 fully saturated rings. The lowest BCUT2D eigenvalue weighted by Crippen LogP contribution is -2.29. The van der Waals surface area contributed by atoms with Crippen molar-refractivity contribution in [1.82, 2.24) is 4.98 Å². The van der Waals surface area contributed by atoms with Crippen LogP contribution in [0.2, 0.25) is 0 Å². The van der Waals surface area contributed by atoms with Crippen LogP contribution in [-0.4, -0.2) is 34.4 Å². The molecule has 0 radical (unpaired) electrons. The number of nitrogens with zero attached hydrogens (tertiary/aromatic N) is 2. The Morgan fingerprint density at radius 1 is 1.00 bits per heavy atom. The van der Waals surface area contributed by atoms with Crippen LogP contribution in [0.4, 0.5) is 5.69 Å². The van der Waals surface area contributed by atoms with Crippen LogP contribution >= 0.6 is 0 Å². The van der Waals surface area contributed by atoms with E-state index in [0.29, 0.717) is 35.4 Å². The molecule has 1 atom stereocenters. The highest BCUT2D eigenvalue weighted by atomic mass is 16.5. The molecule has 1 aliphatic rings. The van der Waals surface area contributed by atoms with Crippen LogP contribution in [-0.2, 0) is 20.7 Å². The van der Waals surface area contributed by atoms with Gasteiger partial charge < -0.3 is 9.84 Å². The maximum atomic E-state index is 13.2. The third-order valence-electron chi connectivity index (χ3n) is 5.90. The van der Waals surface area contributed by atoms with E-state index in [-0.39, 0.29) is 11.3 Å². The highest BCUT2D eigenvalue weighted by Crippen LogP contribution is 2.42. The van der Waals surface area contributed by atoms with Crippen LogP contribution in [0.1, 0.15) is 53.4 Å². The van der Waals surface area contributed by atoms with Crippen molar-refractivity contribution in [3.63, 3.8) is 0 Å². The Balaban J connectivity index is 1.79. The molecule has 7 heteroatoms. The molecule has 0 saturated carbocycles. The van der Waals surface area contributed by atoms with Crippen molar-refractivity contribution in [3.8, 4) is 0 Å². The van der Waals surface area contributed by atoms with Crippen LogP contribution in [0.5, 0.6) is 0 Å². The Morgan fingerprint density at radius 2 is 1.69 bits per heavy atom. The van der Waals surface area contributed by atoms with E-state index in [1.807, 2.05) is 26.0 Å². The van der Waals surface area contributed by atoms with Gasteiger partial charge in [0.1, 0.15) is 5.76 Å². The summed E-state index contributed by atoms with van der Waals surface area (Å²) in [5.41, 5.74) is 2.84. The largest absolute Gasteiger partial charge is 0.507 e. The van der Waals surface area contributed by atoms with Gasteiger partial charge in [0.25, 0.3) is 11.7 Å². The second kappa shape index (κ2) is 10.3. The van der Waals surface area contributed by atoms with Gasteiger partial charge in [-0.15, -0.1) is 0 Å². The summed E-state index contributed by atoms with van der Waals surface area (Å²) in [6.45, 7) is 4.25. The third-order valence-corrected chi connectivity index (χ3v) is 5.90. The lowest BCUT2D eigenvalue weighted by atomic mass is 9.95. The molecular formula is C28H26N2O5. The van der Waals surface area contributed by atoms with Gasteiger partial charge in [-0.3, -0.25) is 19.5 Å². The number of pyridine rings is 1. The number of Topliss-reactive ketones (excluding diaryl/α,β-unsaturated/α-hetero) is 1.